The van der Waals surface area contributed by atoms with Gasteiger partial charge in [-0.05, 0) is 51.4 Å². The molecule has 3 heterocycles. The number of H-pyrrole nitrogens is 1. The molecule has 130 valence electrons. The van der Waals surface area contributed by atoms with Crippen LogP contribution in [0, 0.1) is 0 Å². The molecule has 2 aliphatic rings. The lowest BCUT2D eigenvalue weighted by Gasteiger charge is -2.36. The summed E-state index contributed by atoms with van der Waals surface area (Å²) in [6, 6.07) is 9.98. The fourth-order valence-corrected chi connectivity index (χ4v) is 4.58. The molecule has 0 spiro atoms. The third kappa shape index (κ3) is 3.37. The SMILES string of the molecule is CC1CN(CCCN2CCc3c([nH]c4ccccc34)C2)CC(C)N1. The van der Waals surface area contributed by atoms with E-state index in [0.717, 1.165) is 6.54 Å². The normalized spacial score (nSPS) is 25.9. The number of para-hydroxylation sites is 1. The van der Waals surface area contributed by atoms with Crippen LogP contribution in [0.2, 0.25) is 0 Å². The highest BCUT2D eigenvalue weighted by Crippen LogP contribution is 2.27. The molecule has 0 bridgehead atoms. The molecular weight excluding hydrogens is 296 g/mol. The lowest BCUT2D eigenvalue weighted by molar-refractivity contribution is 0.159. The summed E-state index contributed by atoms with van der Waals surface area (Å²) in [4.78, 5) is 8.88. The van der Waals surface area contributed by atoms with Crippen LogP contribution >= 0.6 is 0 Å². The largest absolute Gasteiger partial charge is 0.357 e. The predicted octanol–water partition coefficient (Wildman–Crippen LogP) is 2.60. The zero-order valence-corrected chi connectivity index (χ0v) is 15.0. The molecule has 2 atom stereocenters. The van der Waals surface area contributed by atoms with Crippen LogP contribution in [0.4, 0.5) is 0 Å². The van der Waals surface area contributed by atoms with Crippen molar-refractivity contribution in [3.05, 3.63) is 35.5 Å². The minimum atomic E-state index is 0.623. The molecule has 1 aromatic carbocycles. The standard InChI is InChI=1S/C20H30N4/c1-15-12-24(13-16(2)21-15)10-5-9-23-11-8-18-17-6-3-4-7-19(17)22-20(18)14-23/h3-4,6-7,15-16,21-22H,5,8-14H2,1-2H3. The Morgan fingerprint density at radius 2 is 1.79 bits per heavy atom. The predicted molar refractivity (Wildman–Crippen MR) is 100 cm³/mol. The van der Waals surface area contributed by atoms with Gasteiger partial charge in [0.15, 0.2) is 0 Å². The number of benzene rings is 1. The van der Waals surface area contributed by atoms with Crippen molar-refractivity contribution < 1.29 is 0 Å². The highest BCUT2D eigenvalue weighted by Gasteiger charge is 2.22. The zero-order chi connectivity index (χ0) is 16.5. The van der Waals surface area contributed by atoms with Gasteiger partial charge in [-0.3, -0.25) is 4.90 Å². The Kier molecular flexibility index (Phi) is 4.61. The summed E-state index contributed by atoms with van der Waals surface area (Å²) in [5, 5.41) is 5.04. The summed E-state index contributed by atoms with van der Waals surface area (Å²) in [6.45, 7) is 11.7. The molecule has 0 saturated carbocycles. The second-order valence-corrected chi connectivity index (χ2v) is 7.74. The zero-order valence-electron chi connectivity index (χ0n) is 15.0. The summed E-state index contributed by atoms with van der Waals surface area (Å²) in [6.07, 6.45) is 2.45. The summed E-state index contributed by atoms with van der Waals surface area (Å²) in [5.74, 6) is 0. The van der Waals surface area contributed by atoms with Crippen LogP contribution in [0.25, 0.3) is 10.9 Å². The number of hydrogen-bond acceptors (Lipinski definition) is 3. The van der Waals surface area contributed by atoms with E-state index in [9.17, 15) is 0 Å². The number of piperazine rings is 1. The van der Waals surface area contributed by atoms with Crippen LogP contribution in [-0.2, 0) is 13.0 Å². The Morgan fingerprint density at radius 1 is 1.04 bits per heavy atom. The number of nitrogens with one attached hydrogen (secondary N) is 2. The fraction of sp³-hybridized carbons (Fsp3) is 0.600. The molecule has 4 rings (SSSR count). The first kappa shape index (κ1) is 16.1. The maximum absolute atomic E-state index is 3.64. The third-order valence-electron chi connectivity index (χ3n) is 5.54. The van der Waals surface area contributed by atoms with E-state index in [2.05, 4.69) is 58.2 Å². The van der Waals surface area contributed by atoms with Gasteiger partial charge in [0.25, 0.3) is 0 Å². The number of aromatic nitrogens is 1. The van der Waals surface area contributed by atoms with Crippen LogP contribution in [0.1, 0.15) is 31.5 Å². The van der Waals surface area contributed by atoms with Crippen molar-refractivity contribution in [2.75, 3.05) is 32.7 Å². The van der Waals surface area contributed by atoms with E-state index in [1.54, 1.807) is 5.56 Å². The second-order valence-electron chi connectivity index (χ2n) is 7.74. The molecule has 1 saturated heterocycles. The van der Waals surface area contributed by atoms with Gasteiger partial charge in [-0.25, -0.2) is 0 Å². The third-order valence-corrected chi connectivity index (χ3v) is 5.54. The van der Waals surface area contributed by atoms with Crippen molar-refractivity contribution in [1.29, 1.82) is 0 Å². The molecule has 2 unspecified atom stereocenters. The Labute approximate surface area is 145 Å². The molecular formula is C20H30N4. The van der Waals surface area contributed by atoms with Gasteiger partial charge in [-0.1, -0.05) is 18.2 Å². The van der Waals surface area contributed by atoms with Gasteiger partial charge in [-0.15, -0.1) is 0 Å². The fourth-order valence-electron chi connectivity index (χ4n) is 4.58. The van der Waals surface area contributed by atoms with Gasteiger partial charge in [0.1, 0.15) is 0 Å². The van der Waals surface area contributed by atoms with Crippen LogP contribution in [-0.4, -0.2) is 59.6 Å². The number of aromatic amines is 1. The van der Waals surface area contributed by atoms with E-state index in [4.69, 9.17) is 0 Å². The summed E-state index contributed by atoms with van der Waals surface area (Å²) in [7, 11) is 0. The van der Waals surface area contributed by atoms with Crippen molar-refractivity contribution in [1.82, 2.24) is 20.1 Å². The molecule has 24 heavy (non-hydrogen) atoms. The number of fused-ring (bicyclic) bond motifs is 3. The first-order valence-electron chi connectivity index (χ1n) is 9.48. The lowest BCUT2D eigenvalue weighted by Crippen LogP contribution is -2.54. The van der Waals surface area contributed by atoms with Gasteiger partial charge in [0.2, 0.25) is 0 Å². The Balaban J connectivity index is 1.31. The Bertz CT molecular complexity index is 682. The molecule has 2 aliphatic heterocycles. The first-order chi connectivity index (χ1) is 11.7. The van der Waals surface area contributed by atoms with E-state index in [0.29, 0.717) is 12.1 Å². The molecule has 2 N–H and O–H groups in total. The van der Waals surface area contributed by atoms with E-state index in [1.807, 2.05) is 0 Å². The molecule has 2 aromatic rings. The molecule has 0 aliphatic carbocycles. The summed E-state index contributed by atoms with van der Waals surface area (Å²) in [5.41, 5.74) is 4.28. The summed E-state index contributed by atoms with van der Waals surface area (Å²) < 4.78 is 0. The van der Waals surface area contributed by atoms with Crippen molar-refractivity contribution in [3.8, 4) is 0 Å². The van der Waals surface area contributed by atoms with Gasteiger partial charge in [0.05, 0.1) is 0 Å². The van der Waals surface area contributed by atoms with Crippen molar-refractivity contribution in [2.24, 2.45) is 0 Å². The first-order valence-corrected chi connectivity index (χ1v) is 9.48. The van der Waals surface area contributed by atoms with Crippen molar-refractivity contribution in [2.45, 2.75) is 45.3 Å². The van der Waals surface area contributed by atoms with E-state index in [-0.39, 0.29) is 0 Å². The molecule has 4 heteroatoms. The number of rotatable bonds is 4. The van der Waals surface area contributed by atoms with Crippen molar-refractivity contribution >= 4 is 10.9 Å². The second kappa shape index (κ2) is 6.87. The lowest BCUT2D eigenvalue weighted by atomic mass is 10.0. The Morgan fingerprint density at radius 3 is 2.62 bits per heavy atom. The van der Waals surface area contributed by atoms with Crippen LogP contribution in [0.3, 0.4) is 0 Å². The molecule has 0 radical (unpaired) electrons. The smallest absolute Gasteiger partial charge is 0.0459 e. The van der Waals surface area contributed by atoms with Gasteiger partial charge in [-0.2, -0.15) is 0 Å². The molecule has 1 fully saturated rings. The van der Waals surface area contributed by atoms with Crippen molar-refractivity contribution in [3.63, 3.8) is 0 Å². The average molecular weight is 326 g/mol. The van der Waals surface area contributed by atoms with Crippen LogP contribution < -0.4 is 5.32 Å². The van der Waals surface area contributed by atoms with Gasteiger partial charge < -0.3 is 15.2 Å². The van der Waals surface area contributed by atoms with Crippen LogP contribution in [0.5, 0.6) is 0 Å². The topological polar surface area (TPSA) is 34.3 Å². The molecule has 4 nitrogen and oxygen atoms in total. The number of hydrogen-bond donors (Lipinski definition) is 2. The van der Waals surface area contributed by atoms with E-state index in [1.165, 1.54) is 62.2 Å². The van der Waals surface area contributed by atoms with E-state index < -0.39 is 0 Å². The average Bonchev–Trinajstić information content (AvgIpc) is 2.91. The Hall–Kier alpha value is -1.36. The molecule has 1 aromatic heterocycles. The monoisotopic (exact) mass is 326 g/mol. The highest BCUT2D eigenvalue weighted by molar-refractivity contribution is 5.84. The molecule has 0 amide bonds. The van der Waals surface area contributed by atoms with E-state index >= 15 is 0 Å². The van der Waals surface area contributed by atoms with Gasteiger partial charge in [0, 0.05) is 54.9 Å². The number of nitrogens with zero attached hydrogens (tertiary/aromatic N) is 2. The maximum Gasteiger partial charge on any atom is 0.0459 e. The maximum atomic E-state index is 3.64. The quantitative estimate of drug-likeness (QED) is 0.906. The van der Waals surface area contributed by atoms with Crippen LogP contribution in [0.15, 0.2) is 24.3 Å². The summed E-state index contributed by atoms with van der Waals surface area (Å²) >= 11 is 0. The minimum absolute atomic E-state index is 0.623. The van der Waals surface area contributed by atoms with Gasteiger partial charge >= 0.3 is 0 Å². The highest BCUT2D eigenvalue weighted by atomic mass is 15.2. The minimum Gasteiger partial charge on any atom is -0.357 e.